The van der Waals surface area contributed by atoms with Gasteiger partial charge >= 0.3 is 0 Å². The van der Waals surface area contributed by atoms with Gasteiger partial charge in [0.15, 0.2) is 17.5 Å². The molecule has 6 nitrogen and oxygen atoms in total. The SMILES string of the molecule is C=C/C=C(C#Cc1ccc(NC(=C)CNCc2ccc(F)c(F)c2F)cc1)\C=C/CCNC(N)C(=C)NO. The number of benzene rings is 2. The molecule has 0 aliphatic heterocycles. The van der Waals surface area contributed by atoms with Crippen LogP contribution >= 0.6 is 0 Å². The molecule has 0 spiro atoms. The Morgan fingerprint density at radius 2 is 1.82 bits per heavy atom. The highest BCUT2D eigenvalue weighted by atomic mass is 19.2. The summed E-state index contributed by atoms with van der Waals surface area (Å²) in [6, 6.07) is 9.50. The highest BCUT2D eigenvalue weighted by Crippen LogP contribution is 2.15. The van der Waals surface area contributed by atoms with Gasteiger partial charge < -0.3 is 16.4 Å². The van der Waals surface area contributed by atoms with Crippen molar-refractivity contribution in [1.29, 1.82) is 0 Å². The molecule has 0 aliphatic rings. The molecule has 0 heterocycles. The molecule has 0 amide bonds. The second kappa shape index (κ2) is 15.9. The van der Waals surface area contributed by atoms with Crippen LogP contribution in [0.5, 0.6) is 0 Å². The summed E-state index contributed by atoms with van der Waals surface area (Å²) in [6.07, 6.45) is 7.44. The lowest BCUT2D eigenvalue weighted by Gasteiger charge is -2.14. The van der Waals surface area contributed by atoms with Crippen molar-refractivity contribution in [3.8, 4) is 11.8 Å². The summed E-state index contributed by atoms with van der Waals surface area (Å²) in [5.74, 6) is 2.31. The van der Waals surface area contributed by atoms with Gasteiger partial charge in [-0.05, 0) is 42.8 Å². The fourth-order valence-corrected chi connectivity index (χ4v) is 3.07. The Labute approximate surface area is 221 Å². The van der Waals surface area contributed by atoms with Crippen molar-refractivity contribution in [2.75, 3.05) is 18.4 Å². The van der Waals surface area contributed by atoms with Crippen LogP contribution in [0.3, 0.4) is 0 Å². The predicted octanol–water partition coefficient (Wildman–Crippen LogP) is 4.60. The molecular weight excluding hydrogens is 491 g/mol. The molecule has 2 aromatic carbocycles. The van der Waals surface area contributed by atoms with E-state index in [-0.39, 0.29) is 24.4 Å². The van der Waals surface area contributed by atoms with Gasteiger partial charge in [-0.1, -0.05) is 55.9 Å². The fourth-order valence-electron chi connectivity index (χ4n) is 3.07. The van der Waals surface area contributed by atoms with Crippen LogP contribution in [0.25, 0.3) is 0 Å². The van der Waals surface area contributed by atoms with Gasteiger partial charge in [0, 0.05) is 47.7 Å². The van der Waals surface area contributed by atoms with Crippen molar-refractivity contribution in [1.82, 2.24) is 16.1 Å². The first-order chi connectivity index (χ1) is 18.2. The van der Waals surface area contributed by atoms with Gasteiger partial charge in [0.25, 0.3) is 0 Å². The third kappa shape index (κ3) is 10.1. The first kappa shape index (κ1) is 30.2. The molecular formula is C29H32F3N5O. The number of hydrogen-bond acceptors (Lipinski definition) is 6. The second-order valence-electron chi connectivity index (χ2n) is 8.11. The molecule has 0 bridgehead atoms. The maximum Gasteiger partial charge on any atom is 0.194 e. The van der Waals surface area contributed by atoms with Crippen molar-refractivity contribution in [3.63, 3.8) is 0 Å². The Kier molecular flexibility index (Phi) is 12.6. The van der Waals surface area contributed by atoms with Crippen LogP contribution in [-0.4, -0.2) is 24.5 Å². The van der Waals surface area contributed by atoms with E-state index in [2.05, 4.69) is 47.5 Å². The molecule has 0 radical (unpaired) electrons. The normalized spacial score (nSPS) is 12.0. The zero-order chi connectivity index (χ0) is 27.9. The first-order valence-corrected chi connectivity index (χ1v) is 11.7. The second-order valence-corrected chi connectivity index (χ2v) is 8.11. The van der Waals surface area contributed by atoms with Gasteiger partial charge in [-0.25, -0.2) is 13.2 Å². The Morgan fingerprint density at radius 3 is 2.50 bits per heavy atom. The topological polar surface area (TPSA) is 94.4 Å². The quantitative estimate of drug-likeness (QED) is 0.0542. The van der Waals surface area contributed by atoms with E-state index in [0.29, 0.717) is 18.7 Å². The molecule has 38 heavy (non-hydrogen) atoms. The summed E-state index contributed by atoms with van der Waals surface area (Å²) in [5.41, 5.74) is 11.0. The minimum atomic E-state index is -1.48. The highest BCUT2D eigenvalue weighted by molar-refractivity contribution is 5.53. The van der Waals surface area contributed by atoms with Crippen molar-refractivity contribution < 1.29 is 18.4 Å². The van der Waals surface area contributed by atoms with E-state index in [0.717, 1.165) is 22.9 Å². The standard InChI is InChI=1S/C29H32F3N5O/c1-4-7-22(8-5-6-17-35-29(33)21(3)37-38)9-10-23-11-14-25(15-12-23)36-20(2)18-34-19-24-13-16-26(30)28(32)27(24)31/h4-5,7-8,11-16,29,34-38H,1-3,6,17-19,33H2/b8-5-,22-7+. The molecule has 7 N–H and O–H groups in total. The Bertz CT molecular complexity index is 1240. The number of rotatable bonds is 14. The summed E-state index contributed by atoms with van der Waals surface area (Å²) in [4.78, 5) is 0. The van der Waals surface area contributed by atoms with Crippen LogP contribution in [0.1, 0.15) is 17.5 Å². The molecule has 1 atom stereocenters. The maximum atomic E-state index is 13.7. The maximum absolute atomic E-state index is 13.7. The Morgan fingerprint density at radius 1 is 1.08 bits per heavy atom. The van der Waals surface area contributed by atoms with Gasteiger partial charge in [-0.15, -0.1) is 0 Å². The average molecular weight is 524 g/mol. The number of anilines is 1. The van der Waals surface area contributed by atoms with Crippen molar-refractivity contribution >= 4 is 5.69 Å². The van der Waals surface area contributed by atoms with Gasteiger partial charge in [0.05, 0.1) is 11.9 Å². The van der Waals surface area contributed by atoms with Gasteiger partial charge in [0.1, 0.15) is 0 Å². The third-order valence-electron chi connectivity index (χ3n) is 5.12. The van der Waals surface area contributed by atoms with Crippen LogP contribution in [0.2, 0.25) is 0 Å². The molecule has 0 fully saturated rings. The van der Waals surface area contributed by atoms with Gasteiger partial charge in [0.2, 0.25) is 0 Å². The van der Waals surface area contributed by atoms with E-state index in [1.54, 1.807) is 12.2 Å². The largest absolute Gasteiger partial charge is 0.358 e. The molecule has 0 aliphatic carbocycles. The van der Waals surface area contributed by atoms with E-state index in [4.69, 9.17) is 10.9 Å². The monoisotopic (exact) mass is 523 g/mol. The van der Waals surface area contributed by atoms with E-state index in [1.807, 2.05) is 41.9 Å². The molecule has 1 unspecified atom stereocenters. The van der Waals surface area contributed by atoms with Crippen molar-refractivity contribution in [3.05, 3.63) is 126 Å². The number of hydroxylamine groups is 1. The van der Waals surface area contributed by atoms with Crippen molar-refractivity contribution in [2.45, 2.75) is 19.1 Å². The lowest BCUT2D eigenvalue weighted by atomic mass is 10.1. The van der Waals surface area contributed by atoms with E-state index >= 15 is 0 Å². The smallest absolute Gasteiger partial charge is 0.194 e. The van der Waals surface area contributed by atoms with Crippen LogP contribution in [0.15, 0.2) is 97.4 Å². The summed E-state index contributed by atoms with van der Waals surface area (Å²) >= 11 is 0. The Balaban J connectivity index is 1.83. The molecule has 0 saturated carbocycles. The lowest BCUT2D eigenvalue weighted by Crippen LogP contribution is -2.42. The van der Waals surface area contributed by atoms with Crippen LogP contribution in [0.4, 0.5) is 18.9 Å². The molecule has 0 saturated heterocycles. The molecule has 9 heteroatoms. The van der Waals surface area contributed by atoms with E-state index in [1.165, 1.54) is 6.07 Å². The van der Waals surface area contributed by atoms with Crippen LogP contribution in [0, 0.1) is 29.3 Å². The molecule has 2 rings (SSSR count). The predicted molar refractivity (Wildman–Crippen MR) is 146 cm³/mol. The summed E-state index contributed by atoms with van der Waals surface area (Å²) in [6.45, 7) is 12.1. The highest BCUT2D eigenvalue weighted by Gasteiger charge is 2.12. The number of allylic oxidation sites excluding steroid dienone is 4. The van der Waals surface area contributed by atoms with Crippen LogP contribution in [-0.2, 0) is 6.54 Å². The molecule has 200 valence electrons. The molecule has 0 aromatic heterocycles. The summed E-state index contributed by atoms with van der Waals surface area (Å²) < 4.78 is 40.1. The summed E-state index contributed by atoms with van der Waals surface area (Å²) in [7, 11) is 0. The van der Waals surface area contributed by atoms with E-state index in [9.17, 15) is 13.2 Å². The number of halogens is 3. The number of nitrogens with two attached hydrogens (primary N) is 1. The summed E-state index contributed by atoms with van der Waals surface area (Å²) in [5, 5.41) is 17.9. The minimum Gasteiger partial charge on any atom is -0.358 e. The van der Waals surface area contributed by atoms with Gasteiger partial charge in [-0.2, -0.15) is 0 Å². The third-order valence-corrected chi connectivity index (χ3v) is 5.12. The number of hydrogen-bond donors (Lipinski definition) is 6. The first-order valence-electron chi connectivity index (χ1n) is 11.7. The molecule has 2 aromatic rings. The zero-order valence-corrected chi connectivity index (χ0v) is 21.0. The van der Waals surface area contributed by atoms with Gasteiger partial charge in [-0.3, -0.25) is 16.0 Å². The lowest BCUT2D eigenvalue weighted by molar-refractivity contribution is 0.190. The Hall–Kier alpha value is -4.07. The zero-order valence-electron chi connectivity index (χ0n) is 21.0. The minimum absolute atomic E-state index is 0.0221. The average Bonchev–Trinajstić information content (AvgIpc) is 2.91. The van der Waals surface area contributed by atoms with Crippen LogP contribution < -0.4 is 27.2 Å². The number of nitrogens with one attached hydrogen (secondary N) is 4. The van der Waals surface area contributed by atoms with E-state index < -0.39 is 23.6 Å². The fraction of sp³-hybridized carbons (Fsp3) is 0.172. The van der Waals surface area contributed by atoms with Crippen molar-refractivity contribution in [2.24, 2.45) is 5.73 Å².